The van der Waals surface area contributed by atoms with Crippen LogP contribution in [0.1, 0.15) is 12.8 Å². The van der Waals surface area contributed by atoms with Gasteiger partial charge in [0.1, 0.15) is 0 Å². The lowest BCUT2D eigenvalue weighted by atomic mass is 10.2. The van der Waals surface area contributed by atoms with E-state index in [-0.39, 0.29) is 0 Å². The maximum Gasteiger partial charge on any atom is 0.0426 e. The molecule has 0 spiro atoms. The molecule has 1 aliphatic heterocycles. The SMILES string of the molecule is Clc1cccc(N2CCN(CCNCC3CC3)CC2)c1. The minimum absolute atomic E-state index is 0.828. The predicted molar refractivity (Wildman–Crippen MR) is 85.7 cm³/mol. The standard InChI is InChI=1S/C16H24ClN3/c17-15-2-1-3-16(12-15)20-10-8-19(9-11-20)7-6-18-13-14-4-5-14/h1-3,12,14,18H,4-11,13H2. The van der Waals surface area contributed by atoms with Gasteiger partial charge in [-0.2, -0.15) is 0 Å². The van der Waals surface area contributed by atoms with Crippen molar-refractivity contribution < 1.29 is 0 Å². The number of nitrogens with zero attached hydrogens (tertiary/aromatic N) is 2. The van der Waals surface area contributed by atoms with Crippen LogP contribution in [0.4, 0.5) is 5.69 Å². The van der Waals surface area contributed by atoms with Gasteiger partial charge in [0.2, 0.25) is 0 Å². The van der Waals surface area contributed by atoms with Gasteiger partial charge in [-0.25, -0.2) is 0 Å². The second kappa shape index (κ2) is 6.79. The van der Waals surface area contributed by atoms with Crippen LogP contribution in [-0.2, 0) is 0 Å². The lowest BCUT2D eigenvalue weighted by Gasteiger charge is -2.36. The lowest BCUT2D eigenvalue weighted by Crippen LogP contribution is -2.48. The molecule has 20 heavy (non-hydrogen) atoms. The molecule has 3 rings (SSSR count). The van der Waals surface area contributed by atoms with Gasteiger partial charge < -0.3 is 10.2 Å². The van der Waals surface area contributed by atoms with Crippen molar-refractivity contribution in [3.05, 3.63) is 29.3 Å². The highest BCUT2D eigenvalue weighted by Crippen LogP contribution is 2.27. The van der Waals surface area contributed by atoms with Gasteiger partial charge in [0.15, 0.2) is 0 Å². The van der Waals surface area contributed by atoms with Crippen molar-refractivity contribution in [2.24, 2.45) is 5.92 Å². The Kier molecular flexibility index (Phi) is 4.81. The third kappa shape index (κ3) is 4.11. The molecule has 0 radical (unpaired) electrons. The molecule has 0 amide bonds. The fraction of sp³-hybridized carbons (Fsp3) is 0.625. The van der Waals surface area contributed by atoms with E-state index in [9.17, 15) is 0 Å². The number of rotatable bonds is 6. The van der Waals surface area contributed by atoms with Gasteiger partial charge in [-0.1, -0.05) is 17.7 Å². The minimum Gasteiger partial charge on any atom is -0.369 e. The summed E-state index contributed by atoms with van der Waals surface area (Å²) in [7, 11) is 0. The van der Waals surface area contributed by atoms with Crippen LogP contribution < -0.4 is 10.2 Å². The first-order chi connectivity index (χ1) is 9.81. The van der Waals surface area contributed by atoms with Crippen molar-refractivity contribution in [1.29, 1.82) is 0 Å². The van der Waals surface area contributed by atoms with Gasteiger partial charge in [0.05, 0.1) is 0 Å². The van der Waals surface area contributed by atoms with Crippen molar-refractivity contribution in [1.82, 2.24) is 10.2 Å². The zero-order chi connectivity index (χ0) is 13.8. The second-order valence-corrected chi connectivity index (χ2v) is 6.39. The zero-order valence-corrected chi connectivity index (χ0v) is 12.8. The molecule has 110 valence electrons. The summed E-state index contributed by atoms with van der Waals surface area (Å²) in [5, 5.41) is 4.40. The van der Waals surface area contributed by atoms with Crippen LogP contribution in [0.25, 0.3) is 0 Å². The van der Waals surface area contributed by atoms with Crippen LogP contribution in [0.5, 0.6) is 0 Å². The molecule has 1 heterocycles. The number of halogens is 1. The number of benzene rings is 1. The molecule has 1 aliphatic carbocycles. The lowest BCUT2D eigenvalue weighted by molar-refractivity contribution is 0.257. The highest BCUT2D eigenvalue weighted by atomic mass is 35.5. The smallest absolute Gasteiger partial charge is 0.0426 e. The van der Waals surface area contributed by atoms with Crippen molar-refractivity contribution >= 4 is 17.3 Å². The molecule has 2 fully saturated rings. The molecular formula is C16H24ClN3. The Bertz CT molecular complexity index is 425. The first kappa shape index (κ1) is 14.2. The van der Waals surface area contributed by atoms with E-state index in [1.807, 2.05) is 12.1 Å². The van der Waals surface area contributed by atoms with Gasteiger partial charge in [0.25, 0.3) is 0 Å². The highest BCUT2D eigenvalue weighted by molar-refractivity contribution is 6.30. The topological polar surface area (TPSA) is 18.5 Å². The van der Waals surface area contributed by atoms with Gasteiger partial charge >= 0.3 is 0 Å². The third-order valence-corrected chi connectivity index (χ3v) is 4.52. The fourth-order valence-electron chi connectivity index (χ4n) is 2.77. The van der Waals surface area contributed by atoms with Crippen molar-refractivity contribution in [3.63, 3.8) is 0 Å². The molecule has 2 aliphatic rings. The highest BCUT2D eigenvalue weighted by Gasteiger charge is 2.21. The molecule has 0 aromatic heterocycles. The van der Waals surface area contributed by atoms with Crippen LogP contribution in [0.2, 0.25) is 5.02 Å². The number of hydrogen-bond acceptors (Lipinski definition) is 3. The maximum absolute atomic E-state index is 6.06. The van der Waals surface area contributed by atoms with Gasteiger partial charge in [-0.05, 0) is 43.5 Å². The van der Waals surface area contributed by atoms with Crippen LogP contribution in [0, 0.1) is 5.92 Å². The Morgan fingerprint density at radius 2 is 1.95 bits per heavy atom. The summed E-state index contributed by atoms with van der Waals surface area (Å²) in [5.41, 5.74) is 1.25. The van der Waals surface area contributed by atoms with E-state index in [0.29, 0.717) is 0 Å². The molecule has 1 saturated heterocycles. The van der Waals surface area contributed by atoms with E-state index in [1.165, 1.54) is 31.6 Å². The quantitative estimate of drug-likeness (QED) is 0.813. The Balaban J connectivity index is 1.37. The Labute approximate surface area is 126 Å². The number of nitrogens with one attached hydrogen (secondary N) is 1. The molecule has 1 aromatic rings. The maximum atomic E-state index is 6.06. The molecule has 0 bridgehead atoms. The van der Waals surface area contributed by atoms with Crippen LogP contribution in [-0.4, -0.2) is 50.7 Å². The molecule has 1 aromatic carbocycles. The molecule has 0 atom stereocenters. The number of anilines is 1. The van der Waals surface area contributed by atoms with Crippen molar-refractivity contribution in [2.75, 3.05) is 50.7 Å². The third-order valence-electron chi connectivity index (χ3n) is 4.28. The molecule has 1 saturated carbocycles. The van der Waals surface area contributed by atoms with Crippen LogP contribution in [0.15, 0.2) is 24.3 Å². The summed E-state index contributed by atoms with van der Waals surface area (Å²) in [6.45, 7) is 8.04. The Hall–Kier alpha value is -0.770. The second-order valence-electron chi connectivity index (χ2n) is 5.96. The number of hydrogen-bond donors (Lipinski definition) is 1. The number of piperazine rings is 1. The summed E-state index contributed by atoms with van der Waals surface area (Å²) in [6, 6.07) is 8.19. The van der Waals surface area contributed by atoms with Gasteiger partial charge in [-0.3, -0.25) is 4.90 Å². The minimum atomic E-state index is 0.828. The summed E-state index contributed by atoms with van der Waals surface area (Å²) >= 11 is 6.06. The monoisotopic (exact) mass is 293 g/mol. The van der Waals surface area contributed by atoms with E-state index in [2.05, 4.69) is 27.2 Å². The summed E-state index contributed by atoms with van der Waals surface area (Å²) in [6.07, 6.45) is 2.87. The molecule has 1 N–H and O–H groups in total. The van der Waals surface area contributed by atoms with E-state index in [0.717, 1.165) is 43.7 Å². The molecular weight excluding hydrogens is 270 g/mol. The summed E-state index contributed by atoms with van der Waals surface area (Å²) < 4.78 is 0. The van der Waals surface area contributed by atoms with E-state index >= 15 is 0 Å². The first-order valence-corrected chi connectivity index (χ1v) is 8.12. The Morgan fingerprint density at radius 3 is 2.65 bits per heavy atom. The largest absolute Gasteiger partial charge is 0.369 e. The van der Waals surface area contributed by atoms with Crippen molar-refractivity contribution in [3.8, 4) is 0 Å². The molecule has 4 heteroatoms. The fourth-order valence-corrected chi connectivity index (χ4v) is 2.95. The predicted octanol–water partition coefficient (Wildman–Crippen LogP) is 2.46. The average molecular weight is 294 g/mol. The van der Waals surface area contributed by atoms with E-state index in [4.69, 9.17) is 11.6 Å². The molecule has 0 unspecified atom stereocenters. The first-order valence-electron chi connectivity index (χ1n) is 7.75. The normalized spacial score (nSPS) is 20.4. The summed E-state index contributed by atoms with van der Waals surface area (Å²) in [4.78, 5) is 4.99. The van der Waals surface area contributed by atoms with Crippen LogP contribution >= 0.6 is 11.6 Å². The Morgan fingerprint density at radius 1 is 1.15 bits per heavy atom. The van der Waals surface area contributed by atoms with Crippen LogP contribution in [0.3, 0.4) is 0 Å². The van der Waals surface area contributed by atoms with Gasteiger partial charge in [0, 0.05) is 50.0 Å². The van der Waals surface area contributed by atoms with E-state index in [1.54, 1.807) is 0 Å². The van der Waals surface area contributed by atoms with Crippen molar-refractivity contribution in [2.45, 2.75) is 12.8 Å². The average Bonchev–Trinajstić information content (AvgIpc) is 3.28. The molecule has 3 nitrogen and oxygen atoms in total. The van der Waals surface area contributed by atoms with E-state index < -0.39 is 0 Å². The summed E-state index contributed by atoms with van der Waals surface area (Å²) in [5.74, 6) is 0.981. The zero-order valence-electron chi connectivity index (χ0n) is 12.0. The van der Waals surface area contributed by atoms with Gasteiger partial charge in [-0.15, -0.1) is 0 Å².